The van der Waals surface area contributed by atoms with Gasteiger partial charge in [-0.3, -0.25) is 19.8 Å². The largest absolute Gasteiger partial charge is 0.324 e. The maximum atomic E-state index is 12.5. The predicted molar refractivity (Wildman–Crippen MR) is 122 cm³/mol. The summed E-state index contributed by atoms with van der Waals surface area (Å²) in [5.41, 5.74) is 1.14. The molecule has 0 bridgehead atoms. The summed E-state index contributed by atoms with van der Waals surface area (Å²) in [6, 6.07) is 10.5. The second kappa shape index (κ2) is 10.4. The normalized spacial score (nSPS) is 17.1. The number of non-ortho nitro benzene ring substituents is 1. The Bertz CT molecular complexity index is 1090. The van der Waals surface area contributed by atoms with Gasteiger partial charge in [-0.25, -0.2) is 13.1 Å². The highest BCUT2D eigenvalue weighted by Crippen LogP contribution is 2.26. The fraction of sp³-hybridized carbons (Fsp3) is 0.381. The molecule has 0 spiro atoms. The van der Waals surface area contributed by atoms with Crippen molar-refractivity contribution in [1.29, 1.82) is 0 Å². The highest BCUT2D eigenvalue weighted by molar-refractivity contribution is 7.89. The SMILES string of the molecule is Cc1ccc(S(=O)(=O)NCC2CCCN(CC(=O)Nc3ccc([N+](=O)[O-])cc3Cl)C2)cc1. The van der Waals surface area contributed by atoms with Crippen LogP contribution in [0.1, 0.15) is 18.4 Å². The third kappa shape index (κ3) is 6.49. The summed E-state index contributed by atoms with van der Waals surface area (Å²) in [5, 5.41) is 13.6. The van der Waals surface area contributed by atoms with E-state index < -0.39 is 14.9 Å². The van der Waals surface area contributed by atoms with Gasteiger partial charge in [-0.2, -0.15) is 0 Å². The number of benzene rings is 2. The Morgan fingerprint density at radius 2 is 1.97 bits per heavy atom. The predicted octanol–water partition coefficient (Wildman–Crippen LogP) is 3.19. The average molecular weight is 481 g/mol. The highest BCUT2D eigenvalue weighted by atomic mass is 35.5. The lowest BCUT2D eigenvalue weighted by molar-refractivity contribution is -0.384. The molecule has 1 unspecified atom stereocenters. The Morgan fingerprint density at radius 1 is 1.25 bits per heavy atom. The van der Waals surface area contributed by atoms with Gasteiger partial charge in [0.2, 0.25) is 15.9 Å². The maximum absolute atomic E-state index is 12.5. The van der Waals surface area contributed by atoms with E-state index in [9.17, 15) is 23.3 Å². The van der Waals surface area contributed by atoms with Crippen LogP contribution < -0.4 is 10.0 Å². The number of nitro benzene ring substituents is 1. The summed E-state index contributed by atoms with van der Waals surface area (Å²) in [6.07, 6.45) is 1.71. The summed E-state index contributed by atoms with van der Waals surface area (Å²) < 4.78 is 27.7. The summed E-state index contributed by atoms with van der Waals surface area (Å²) in [6.45, 7) is 3.61. The number of sulfonamides is 1. The molecule has 3 rings (SSSR count). The van der Waals surface area contributed by atoms with E-state index in [-0.39, 0.29) is 34.0 Å². The molecule has 1 atom stereocenters. The first kappa shape index (κ1) is 24.1. The molecular weight excluding hydrogens is 456 g/mol. The van der Waals surface area contributed by atoms with Gasteiger partial charge >= 0.3 is 0 Å². The van der Waals surface area contributed by atoms with Gasteiger partial charge in [-0.1, -0.05) is 29.3 Å². The number of amides is 1. The van der Waals surface area contributed by atoms with Gasteiger partial charge in [0, 0.05) is 25.2 Å². The van der Waals surface area contributed by atoms with Crippen LogP contribution in [0.25, 0.3) is 0 Å². The van der Waals surface area contributed by atoms with Crippen LogP contribution in [0.2, 0.25) is 5.02 Å². The molecule has 1 amide bonds. The second-order valence-corrected chi connectivity index (χ2v) is 10.1. The number of piperidine rings is 1. The van der Waals surface area contributed by atoms with Crippen LogP contribution >= 0.6 is 11.6 Å². The molecule has 32 heavy (non-hydrogen) atoms. The number of carbonyl (C=O) groups is 1. The first-order chi connectivity index (χ1) is 15.1. The number of nitro groups is 1. The maximum Gasteiger partial charge on any atom is 0.271 e. The molecule has 0 saturated carbocycles. The molecule has 0 aliphatic carbocycles. The van der Waals surface area contributed by atoms with Crippen molar-refractivity contribution >= 4 is 38.9 Å². The van der Waals surface area contributed by atoms with Gasteiger partial charge in [0.1, 0.15) is 0 Å². The standard InChI is InChI=1S/C21H25ClN4O5S/c1-15-4-7-18(8-5-15)32(30,31)23-12-16-3-2-10-25(13-16)14-21(27)24-20-9-6-17(26(28)29)11-19(20)22/h4-9,11,16,23H,2-3,10,12-14H2,1H3,(H,24,27). The Labute approximate surface area is 192 Å². The molecule has 1 aliphatic rings. The number of halogens is 1. The lowest BCUT2D eigenvalue weighted by Gasteiger charge is -2.32. The van der Waals surface area contributed by atoms with Crippen LogP contribution in [0.3, 0.4) is 0 Å². The van der Waals surface area contributed by atoms with Gasteiger partial charge < -0.3 is 5.32 Å². The zero-order chi connectivity index (χ0) is 23.3. The third-order valence-corrected chi connectivity index (χ3v) is 7.05. The van der Waals surface area contributed by atoms with Gasteiger partial charge in [0.25, 0.3) is 5.69 Å². The molecule has 2 aromatic carbocycles. The van der Waals surface area contributed by atoms with Gasteiger partial charge in [-0.05, 0) is 50.4 Å². The number of hydrogen-bond donors (Lipinski definition) is 2. The van der Waals surface area contributed by atoms with Gasteiger partial charge in [0.05, 0.1) is 27.1 Å². The number of nitrogens with zero attached hydrogens (tertiary/aromatic N) is 2. The number of anilines is 1. The summed E-state index contributed by atoms with van der Waals surface area (Å²) in [4.78, 5) is 24.9. The van der Waals surface area contributed by atoms with Crippen molar-refractivity contribution in [1.82, 2.24) is 9.62 Å². The average Bonchev–Trinajstić information content (AvgIpc) is 2.74. The molecule has 0 radical (unpaired) electrons. The highest BCUT2D eigenvalue weighted by Gasteiger charge is 2.24. The van der Waals surface area contributed by atoms with E-state index in [1.165, 1.54) is 18.2 Å². The van der Waals surface area contributed by atoms with E-state index in [0.29, 0.717) is 18.8 Å². The molecule has 1 aliphatic heterocycles. The minimum atomic E-state index is -3.58. The van der Waals surface area contributed by atoms with E-state index in [2.05, 4.69) is 10.0 Å². The van der Waals surface area contributed by atoms with Crippen molar-refractivity contribution in [2.75, 3.05) is 31.5 Å². The number of carbonyl (C=O) groups excluding carboxylic acids is 1. The second-order valence-electron chi connectivity index (χ2n) is 7.88. The lowest BCUT2D eigenvalue weighted by Crippen LogP contribution is -2.43. The Hall–Kier alpha value is -2.53. The van der Waals surface area contributed by atoms with Gasteiger partial charge in [-0.15, -0.1) is 0 Å². The first-order valence-corrected chi connectivity index (χ1v) is 12.0. The van der Waals surface area contributed by atoms with Crippen molar-refractivity contribution < 1.29 is 18.1 Å². The zero-order valence-corrected chi connectivity index (χ0v) is 19.2. The summed E-state index contributed by atoms with van der Waals surface area (Å²) in [5.74, 6) is -0.207. The van der Waals surface area contributed by atoms with Crippen LogP contribution in [0, 0.1) is 23.0 Å². The lowest BCUT2D eigenvalue weighted by atomic mass is 9.98. The Kier molecular flexibility index (Phi) is 7.83. The molecule has 172 valence electrons. The molecule has 2 N–H and O–H groups in total. The molecule has 11 heteroatoms. The van der Waals surface area contributed by atoms with Crippen LogP contribution in [0.15, 0.2) is 47.4 Å². The Balaban J connectivity index is 1.52. The minimum absolute atomic E-state index is 0.0831. The Morgan fingerprint density at radius 3 is 2.62 bits per heavy atom. The molecule has 0 aromatic heterocycles. The van der Waals surface area contributed by atoms with E-state index in [1.807, 2.05) is 11.8 Å². The molecule has 9 nitrogen and oxygen atoms in total. The number of hydrogen-bond acceptors (Lipinski definition) is 6. The molecule has 1 fully saturated rings. The van der Waals surface area contributed by atoms with Crippen molar-refractivity contribution in [2.45, 2.75) is 24.7 Å². The number of aryl methyl sites for hydroxylation is 1. The van der Waals surface area contributed by atoms with Crippen molar-refractivity contribution in [3.05, 3.63) is 63.2 Å². The number of likely N-dealkylation sites (tertiary alicyclic amines) is 1. The third-order valence-electron chi connectivity index (χ3n) is 5.30. The molecular formula is C21H25ClN4O5S. The summed E-state index contributed by atoms with van der Waals surface area (Å²) in [7, 11) is -3.58. The number of rotatable bonds is 8. The van der Waals surface area contributed by atoms with Crippen molar-refractivity contribution in [3.63, 3.8) is 0 Å². The van der Waals surface area contributed by atoms with E-state index in [0.717, 1.165) is 24.9 Å². The van der Waals surface area contributed by atoms with Crippen LogP contribution in [0.5, 0.6) is 0 Å². The summed E-state index contributed by atoms with van der Waals surface area (Å²) >= 11 is 6.03. The quantitative estimate of drug-likeness (QED) is 0.442. The van der Waals surface area contributed by atoms with E-state index >= 15 is 0 Å². The minimum Gasteiger partial charge on any atom is -0.324 e. The van der Waals surface area contributed by atoms with Crippen LogP contribution in [-0.2, 0) is 14.8 Å². The number of nitrogens with one attached hydrogen (secondary N) is 2. The van der Waals surface area contributed by atoms with Crippen molar-refractivity contribution in [2.24, 2.45) is 5.92 Å². The van der Waals surface area contributed by atoms with Crippen LogP contribution in [0.4, 0.5) is 11.4 Å². The fourth-order valence-corrected chi connectivity index (χ4v) is 4.94. The van der Waals surface area contributed by atoms with E-state index in [4.69, 9.17) is 11.6 Å². The monoisotopic (exact) mass is 480 g/mol. The van der Waals surface area contributed by atoms with Gasteiger partial charge in [0.15, 0.2) is 0 Å². The topological polar surface area (TPSA) is 122 Å². The van der Waals surface area contributed by atoms with Crippen molar-refractivity contribution in [3.8, 4) is 0 Å². The molecule has 1 saturated heterocycles. The van der Waals surface area contributed by atoms with E-state index in [1.54, 1.807) is 24.3 Å². The fourth-order valence-electron chi connectivity index (χ4n) is 3.60. The smallest absolute Gasteiger partial charge is 0.271 e. The molecule has 1 heterocycles. The zero-order valence-electron chi connectivity index (χ0n) is 17.6. The molecule has 2 aromatic rings. The first-order valence-electron chi connectivity index (χ1n) is 10.2. The van der Waals surface area contributed by atoms with Crippen LogP contribution in [-0.4, -0.2) is 50.3 Å².